The van der Waals surface area contributed by atoms with Crippen LogP contribution in [0.5, 0.6) is 5.75 Å². The second-order valence-electron chi connectivity index (χ2n) is 4.83. The topological polar surface area (TPSA) is 41.5 Å². The van der Waals surface area contributed by atoms with Gasteiger partial charge in [-0.25, -0.2) is 0 Å². The maximum Gasteiger partial charge on any atom is 0.118 e. The smallest absolute Gasteiger partial charge is 0.118 e. The molecule has 4 atom stereocenters. The minimum Gasteiger partial charge on any atom is -0.497 e. The highest BCUT2D eigenvalue weighted by molar-refractivity contribution is 8.00. The van der Waals surface area contributed by atoms with Crippen LogP contribution in [0, 0.1) is 0 Å². The van der Waals surface area contributed by atoms with Crippen molar-refractivity contribution in [2.24, 2.45) is 0 Å². The van der Waals surface area contributed by atoms with Crippen molar-refractivity contribution in [3.05, 3.63) is 29.8 Å². The fourth-order valence-electron chi connectivity index (χ4n) is 2.01. The molecule has 0 aliphatic rings. The van der Waals surface area contributed by atoms with Gasteiger partial charge in [-0.15, -0.1) is 0 Å². The Kier molecular flexibility index (Phi) is 6.69. The first kappa shape index (κ1) is 16.3. The molecule has 4 unspecified atom stereocenters. The first-order chi connectivity index (χ1) is 8.99. The number of methoxy groups -OCH3 is 1. The molecule has 108 valence electrons. The van der Waals surface area contributed by atoms with Gasteiger partial charge < -0.3 is 15.2 Å². The highest BCUT2D eigenvalue weighted by Gasteiger charge is 2.22. The molecule has 0 heterocycles. The molecule has 0 saturated carbocycles. The molecule has 0 saturated heterocycles. The van der Waals surface area contributed by atoms with E-state index in [4.69, 9.17) is 4.74 Å². The Balaban J connectivity index is 2.75. The monoisotopic (exact) mass is 283 g/mol. The van der Waals surface area contributed by atoms with Crippen molar-refractivity contribution < 1.29 is 9.84 Å². The maximum atomic E-state index is 9.61. The van der Waals surface area contributed by atoms with Crippen LogP contribution in [0.1, 0.15) is 32.4 Å². The lowest BCUT2D eigenvalue weighted by Gasteiger charge is -2.27. The summed E-state index contributed by atoms with van der Waals surface area (Å²) in [6.45, 7) is 6.09. The van der Waals surface area contributed by atoms with Crippen molar-refractivity contribution in [3.8, 4) is 5.75 Å². The minimum atomic E-state index is -0.291. The number of nitrogens with one attached hydrogen (secondary N) is 1. The van der Waals surface area contributed by atoms with E-state index in [2.05, 4.69) is 31.3 Å². The predicted molar refractivity (Wildman–Crippen MR) is 83.0 cm³/mol. The summed E-state index contributed by atoms with van der Waals surface area (Å²) in [4.78, 5) is 0. The van der Waals surface area contributed by atoms with Crippen molar-refractivity contribution in [2.75, 3.05) is 14.2 Å². The van der Waals surface area contributed by atoms with E-state index < -0.39 is 0 Å². The van der Waals surface area contributed by atoms with E-state index in [1.54, 1.807) is 18.9 Å². The predicted octanol–water partition coefficient (Wildman–Crippen LogP) is 2.85. The van der Waals surface area contributed by atoms with Gasteiger partial charge in [-0.3, -0.25) is 0 Å². The number of benzene rings is 1. The molecule has 0 radical (unpaired) electrons. The van der Waals surface area contributed by atoms with E-state index in [0.29, 0.717) is 5.25 Å². The highest BCUT2D eigenvalue weighted by atomic mass is 32.2. The standard InChI is InChI=1S/C15H25NO2S/c1-10(17)11(2)19-12(3)15(16-4)13-6-8-14(18-5)9-7-13/h6-12,15-17H,1-5H3. The van der Waals surface area contributed by atoms with Gasteiger partial charge in [-0.1, -0.05) is 26.0 Å². The molecule has 1 aromatic carbocycles. The minimum absolute atomic E-state index is 0.226. The summed E-state index contributed by atoms with van der Waals surface area (Å²) >= 11 is 1.80. The van der Waals surface area contributed by atoms with Crippen LogP contribution >= 0.6 is 11.8 Å². The Labute approximate surface area is 120 Å². The normalized spacial score (nSPS) is 17.6. The zero-order valence-electron chi connectivity index (χ0n) is 12.4. The van der Waals surface area contributed by atoms with E-state index in [9.17, 15) is 5.11 Å². The summed E-state index contributed by atoms with van der Waals surface area (Å²) in [5, 5.41) is 13.6. The number of hydrogen-bond acceptors (Lipinski definition) is 4. The van der Waals surface area contributed by atoms with Crippen molar-refractivity contribution in [1.82, 2.24) is 5.32 Å². The third kappa shape index (κ3) is 4.71. The van der Waals surface area contributed by atoms with Crippen molar-refractivity contribution >= 4 is 11.8 Å². The van der Waals surface area contributed by atoms with Crippen LogP contribution in [0.15, 0.2) is 24.3 Å². The molecule has 0 aromatic heterocycles. The zero-order chi connectivity index (χ0) is 14.4. The van der Waals surface area contributed by atoms with Crippen LogP contribution in [0.3, 0.4) is 0 Å². The molecule has 0 amide bonds. The van der Waals surface area contributed by atoms with Gasteiger partial charge in [0.15, 0.2) is 0 Å². The Bertz CT molecular complexity index is 367. The van der Waals surface area contributed by atoms with E-state index in [-0.39, 0.29) is 17.4 Å². The van der Waals surface area contributed by atoms with Crippen LogP contribution < -0.4 is 10.1 Å². The number of rotatable bonds is 7. The average Bonchev–Trinajstić information content (AvgIpc) is 2.40. The van der Waals surface area contributed by atoms with E-state index >= 15 is 0 Å². The second-order valence-corrected chi connectivity index (χ2v) is 6.59. The molecule has 1 rings (SSSR count). The molecule has 0 bridgehead atoms. The molecule has 2 N–H and O–H groups in total. The largest absolute Gasteiger partial charge is 0.497 e. The number of aliphatic hydroxyl groups is 1. The zero-order valence-corrected chi connectivity index (χ0v) is 13.2. The van der Waals surface area contributed by atoms with Gasteiger partial charge in [-0.05, 0) is 31.7 Å². The number of aliphatic hydroxyl groups excluding tert-OH is 1. The summed E-state index contributed by atoms with van der Waals surface area (Å²) < 4.78 is 5.18. The van der Waals surface area contributed by atoms with Gasteiger partial charge in [0, 0.05) is 16.5 Å². The van der Waals surface area contributed by atoms with Gasteiger partial charge in [0.05, 0.1) is 13.2 Å². The molecule has 0 aliphatic carbocycles. The number of hydrogen-bond donors (Lipinski definition) is 2. The first-order valence-electron chi connectivity index (χ1n) is 6.64. The van der Waals surface area contributed by atoms with Crippen LogP contribution in [-0.4, -0.2) is 35.9 Å². The lowest BCUT2D eigenvalue weighted by Crippen LogP contribution is -2.28. The molecule has 0 spiro atoms. The molecule has 1 aromatic rings. The van der Waals surface area contributed by atoms with Gasteiger partial charge >= 0.3 is 0 Å². The fraction of sp³-hybridized carbons (Fsp3) is 0.600. The average molecular weight is 283 g/mol. The van der Waals surface area contributed by atoms with Crippen LogP contribution in [-0.2, 0) is 0 Å². The van der Waals surface area contributed by atoms with Gasteiger partial charge in [0.2, 0.25) is 0 Å². The van der Waals surface area contributed by atoms with Crippen LogP contribution in [0.4, 0.5) is 0 Å². The van der Waals surface area contributed by atoms with Gasteiger partial charge in [0.25, 0.3) is 0 Å². The molecular formula is C15H25NO2S. The molecule has 0 aliphatic heterocycles. The summed E-state index contributed by atoms with van der Waals surface area (Å²) in [6, 6.07) is 8.40. The summed E-state index contributed by atoms with van der Waals surface area (Å²) in [6.07, 6.45) is -0.291. The second kappa shape index (κ2) is 7.78. The van der Waals surface area contributed by atoms with Gasteiger partial charge in [0.1, 0.15) is 5.75 Å². The Morgan fingerprint density at radius 2 is 1.68 bits per heavy atom. The molecular weight excluding hydrogens is 258 g/mol. The van der Waals surface area contributed by atoms with E-state index in [0.717, 1.165) is 5.75 Å². The Hall–Kier alpha value is -0.710. The van der Waals surface area contributed by atoms with E-state index in [1.165, 1.54) is 5.56 Å². The summed E-state index contributed by atoms with van der Waals surface area (Å²) in [7, 11) is 3.65. The highest BCUT2D eigenvalue weighted by Crippen LogP contribution is 2.31. The van der Waals surface area contributed by atoms with Crippen molar-refractivity contribution in [1.29, 1.82) is 0 Å². The lowest BCUT2D eigenvalue weighted by molar-refractivity contribution is 0.196. The number of ether oxygens (including phenoxy) is 1. The Morgan fingerprint density at radius 3 is 2.11 bits per heavy atom. The molecule has 0 fully saturated rings. The van der Waals surface area contributed by atoms with Crippen molar-refractivity contribution in [3.63, 3.8) is 0 Å². The third-order valence-corrected chi connectivity index (χ3v) is 4.89. The van der Waals surface area contributed by atoms with E-state index in [1.807, 2.05) is 26.1 Å². The third-order valence-electron chi connectivity index (χ3n) is 3.36. The SMILES string of the molecule is CNC(c1ccc(OC)cc1)C(C)SC(C)C(C)O. The maximum absolute atomic E-state index is 9.61. The Morgan fingerprint density at radius 1 is 1.11 bits per heavy atom. The first-order valence-corrected chi connectivity index (χ1v) is 7.58. The van der Waals surface area contributed by atoms with Crippen LogP contribution in [0.2, 0.25) is 0 Å². The quantitative estimate of drug-likeness (QED) is 0.807. The van der Waals surface area contributed by atoms with Gasteiger partial charge in [-0.2, -0.15) is 11.8 Å². The molecule has 19 heavy (non-hydrogen) atoms. The summed E-state index contributed by atoms with van der Waals surface area (Å²) in [5.41, 5.74) is 1.24. The molecule has 3 nitrogen and oxygen atoms in total. The van der Waals surface area contributed by atoms with Crippen LogP contribution in [0.25, 0.3) is 0 Å². The summed E-state index contributed by atoms with van der Waals surface area (Å²) in [5.74, 6) is 0.872. The van der Waals surface area contributed by atoms with Crippen molar-refractivity contribution in [2.45, 2.75) is 43.4 Å². The molecule has 4 heteroatoms. The lowest BCUT2D eigenvalue weighted by atomic mass is 10.0. The number of thioether (sulfide) groups is 1. The fourth-order valence-corrected chi connectivity index (χ4v) is 3.37.